The summed E-state index contributed by atoms with van der Waals surface area (Å²) in [5.41, 5.74) is 12.9. The molecule has 0 amide bonds. The van der Waals surface area contributed by atoms with E-state index in [2.05, 4.69) is 119 Å². The lowest BCUT2D eigenvalue weighted by Crippen LogP contribution is -2.71. The number of hydrogen-bond donors (Lipinski definition) is 0. The highest BCUT2D eigenvalue weighted by Crippen LogP contribution is 2.50. The molecule has 2 aliphatic heterocycles. The molecule has 0 saturated heterocycles. The Balaban J connectivity index is 1.48. The normalized spacial score (nSPS) is 18.3. The van der Waals surface area contributed by atoms with Crippen LogP contribution in [0, 0.1) is 0 Å². The van der Waals surface area contributed by atoms with Crippen molar-refractivity contribution in [2.75, 3.05) is 0 Å². The largest absolute Gasteiger partial charge is 0.454 e. The van der Waals surface area contributed by atoms with Crippen molar-refractivity contribution in [3.63, 3.8) is 0 Å². The zero-order chi connectivity index (χ0) is 23.6. The molecular weight excluding hydrogens is 440 g/mol. The van der Waals surface area contributed by atoms with E-state index in [-0.39, 0.29) is 0 Å². The maximum absolute atomic E-state index is 6.85. The molecule has 0 bridgehead atoms. The molecule has 3 aliphatic rings. The number of furan rings is 1. The highest BCUT2D eigenvalue weighted by atomic mass is 16.3. The SMILES string of the molecule is CC1=Cc2c(ccc3c2oc2c4c(ccc23)C2(c3ccccc3-c3cccc[n+]32)[n+]2ccccc2-4)C1. The molecule has 1 spiro atoms. The maximum atomic E-state index is 6.85. The molecule has 0 N–H and O–H groups in total. The Morgan fingerprint density at radius 3 is 2.31 bits per heavy atom. The van der Waals surface area contributed by atoms with E-state index in [1.807, 2.05) is 0 Å². The Kier molecular flexibility index (Phi) is 3.23. The van der Waals surface area contributed by atoms with Crippen LogP contribution in [0.15, 0.2) is 107 Å². The quantitative estimate of drug-likeness (QED) is 0.240. The number of benzene rings is 3. The zero-order valence-electron chi connectivity index (χ0n) is 19.8. The predicted molar refractivity (Wildman–Crippen MR) is 140 cm³/mol. The Labute approximate surface area is 208 Å². The van der Waals surface area contributed by atoms with Crippen molar-refractivity contribution in [1.29, 1.82) is 0 Å². The Bertz CT molecular complexity index is 1950. The number of nitrogens with zero attached hydrogens (tertiary/aromatic N) is 2. The van der Waals surface area contributed by atoms with Gasteiger partial charge in [0.05, 0.1) is 5.56 Å². The number of allylic oxidation sites excluding steroid dienone is 1. The molecule has 0 fully saturated rings. The van der Waals surface area contributed by atoms with Crippen LogP contribution in [-0.2, 0) is 12.1 Å². The second-order valence-corrected chi connectivity index (χ2v) is 10.3. The van der Waals surface area contributed by atoms with Crippen LogP contribution in [0.25, 0.3) is 50.5 Å². The van der Waals surface area contributed by atoms with E-state index in [1.54, 1.807) is 0 Å². The minimum atomic E-state index is -0.495. The van der Waals surface area contributed by atoms with Crippen molar-refractivity contribution < 1.29 is 13.6 Å². The van der Waals surface area contributed by atoms with Gasteiger partial charge in [-0.2, -0.15) is 0 Å². The first kappa shape index (κ1) is 18.8. The summed E-state index contributed by atoms with van der Waals surface area (Å²) in [5, 5.41) is 2.38. The highest BCUT2D eigenvalue weighted by molar-refractivity contribution is 6.12. The predicted octanol–water partition coefficient (Wildman–Crippen LogP) is 6.38. The Hall–Kier alpha value is -4.50. The van der Waals surface area contributed by atoms with E-state index in [4.69, 9.17) is 4.42 Å². The monoisotopic (exact) mass is 462 g/mol. The topological polar surface area (TPSA) is 20.9 Å². The van der Waals surface area contributed by atoms with Crippen molar-refractivity contribution in [1.82, 2.24) is 0 Å². The summed E-state index contributed by atoms with van der Waals surface area (Å²) in [6, 6.07) is 31.0. The van der Waals surface area contributed by atoms with E-state index in [0.29, 0.717) is 0 Å². The van der Waals surface area contributed by atoms with Gasteiger partial charge in [0.25, 0.3) is 0 Å². The van der Waals surface area contributed by atoms with Gasteiger partial charge in [-0.25, -0.2) is 0 Å². The zero-order valence-corrected chi connectivity index (χ0v) is 19.8. The molecule has 9 rings (SSSR count). The lowest BCUT2D eigenvalue weighted by atomic mass is 9.89. The molecule has 0 saturated carbocycles. The van der Waals surface area contributed by atoms with Crippen LogP contribution in [0.5, 0.6) is 0 Å². The van der Waals surface area contributed by atoms with Crippen LogP contribution in [0.4, 0.5) is 0 Å². The molecule has 3 aromatic heterocycles. The summed E-state index contributed by atoms with van der Waals surface area (Å²) in [5.74, 6) is 0. The van der Waals surface area contributed by atoms with Crippen LogP contribution in [0.1, 0.15) is 29.2 Å². The van der Waals surface area contributed by atoms with Crippen LogP contribution < -0.4 is 9.13 Å². The average molecular weight is 463 g/mol. The van der Waals surface area contributed by atoms with Gasteiger partial charge in [-0.1, -0.05) is 35.9 Å². The molecule has 6 aromatic rings. The first-order valence-electron chi connectivity index (χ1n) is 12.6. The lowest BCUT2D eigenvalue weighted by molar-refractivity contribution is -0.955. The van der Waals surface area contributed by atoms with Gasteiger partial charge in [0.1, 0.15) is 27.9 Å². The summed E-state index contributed by atoms with van der Waals surface area (Å²) >= 11 is 0. The molecule has 3 aromatic carbocycles. The third kappa shape index (κ3) is 1.96. The number of fused-ring (bicyclic) bond motifs is 16. The first-order valence-corrected chi connectivity index (χ1v) is 12.6. The van der Waals surface area contributed by atoms with Gasteiger partial charge < -0.3 is 4.42 Å². The third-order valence-corrected chi connectivity index (χ3v) is 8.43. The van der Waals surface area contributed by atoms with Gasteiger partial charge in [0.15, 0.2) is 12.4 Å². The third-order valence-electron chi connectivity index (χ3n) is 8.43. The van der Waals surface area contributed by atoms with Crippen molar-refractivity contribution in [3.8, 4) is 22.5 Å². The minimum absolute atomic E-state index is 0.495. The molecule has 36 heavy (non-hydrogen) atoms. The fourth-order valence-corrected chi connectivity index (χ4v) is 7.08. The summed E-state index contributed by atoms with van der Waals surface area (Å²) in [4.78, 5) is 0. The molecule has 0 radical (unpaired) electrons. The Morgan fingerprint density at radius 2 is 1.42 bits per heavy atom. The molecule has 5 heterocycles. The van der Waals surface area contributed by atoms with Crippen molar-refractivity contribution in [2.24, 2.45) is 0 Å². The van der Waals surface area contributed by atoms with Crippen LogP contribution in [-0.4, -0.2) is 0 Å². The molecular formula is C33H22N2O+2. The second-order valence-electron chi connectivity index (χ2n) is 10.3. The number of aromatic nitrogens is 2. The molecule has 3 heteroatoms. The number of pyridine rings is 2. The van der Waals surface area contributed by atoms with Crippen molar-refractivity contribution in [3.05, 3.63) is 125 Å². The molecule has 1 unspecified atom stereocenters. The molecule has 1 atom stereocenters. The van der Waals surface area contributed by atoms with Gasteiger partial charge in [0, 0.05) is 40.6 Å². The Morgan fingerprint density at radius 1 is 0.694 bits per heavy atom. The van der Waals surface area contributed by atoms with E-state index >= 15 is 0 Å². The summed E-state index contributed by atoms with van der Waals surface area (Å²) in [6.45, 7) is 2.20. The van der Waals surface area contributed by atoms with Gasteiger partial charge in [-0.05, 0) is 55.3 Å². The van der Waals surface area contributed by atoms with Gasteiger partial charge in [0.2, 0.25) is 11.4 Å². The van der Waals surface area contributed by atoms with E-state index in [0.717, 1.165) is 17.6 Å². The summed E-state index contributed by atoms with van der Waals surface area (Å²) in [7, 11) is 0. The molecule has 1 aliphatic carbocycles. The van der Waals surface area contributed by atoms with Crippen LogP contribution in [0.3, 0.4) is 0 Å². The van der Waals surface area contributed by atoms with Crippen LogP contribution >= 0.6 is 0 Å². The van der Waals surface area contributed by atoms with Gasteiger partial charge in [-0.15, -0.1) is 9.13 Å². The second kappa shape index (κ2) is 6.19. The van der Waals surface area contributed by atoms with E-state index < -0.39 is 5.66 Å². The number of hydrogen-bond acceptors (Lipinski definition) is 1. The van der Waals surface area contributed by atoms with Crippen LogP contribution in [0.2, 0.25) is 0 Å². The lowest BCUT2D eigenvalue weighted by Gasteiger charge is -2.16. The van der Waals surface area contributed by atoms with Gasteiger partial charge in [-0.3, -0.25) is 0 Å². The summed E-state index contributed by atoms with van der Waals surface area (Å²) in [6.07, 6.45) is 7.74. The van der Waals surface area contributed by atoms with Gasteiger partial charge >= 0.3 is 5.66 Å². The van der Waals surface area contributed by atoms with Crippen molar-refractivity contribution in [2.45, 2.75) is 19.0 Å². The molecule has 3 nitrogen and oxygen atoms in total. The van der Waals surface area contributed by atoms with Crippen molar-refractivity contribution >= 4 is 28.0 Å². The minimum Gasteiger partial charge on any atom is -0.454 e. The van der Waals surface area contributed by atoms with E-state index in [9.17, 15) is 0 Å². The average Bonchev–Trinajstić information content (AvgIpc) is 3.64. The molecule has 168 valence electrons. The highest BCUT2D eigenvalue weighted by Gasteiger charge is 2.66. The first-order chi connectivity index (χ1) is 17.8. The standard InChI is InChI=1S/C33H22N2O/c1-20-18-21-12-13-22-23-14-15-27-30(32(23)36-31(22)25(21)19-20)29-11-5-7-17-35(29)33(27)26-9-3-2-8-24(26)28-10-4-6-16-34(28)33/h2-17,19H,18H2,1H3/q+2. The van der Waals surface area contributed by atoms with E-state index in [1.165, 1.54) is 61.1 Å². The number of rotatable bonds is 0. The maximum Gasteiger partial charge on any atom is 0.417 e. The summed E-state index contributed by atoms with van der Waals surface area (Å²) < 4.78 is 11.7. The smallest absolute Gasteiger partial charge is 0.417 e. The fourth-order valence-electron chi connectivity index (χ4n) is 7.08. The fraction of sp³-hybridized carbons (Fsp3) is 0.0909.